The van der Waals surface area contributed by atoms with Crippen LogP contribution >= 0.6 is 11.3 Å². The summed E-state index contributed by atoms with van der Waals surface area (Å²) in [5.74, 6) is 2.47. The summed E-state index contributed by atoms with van der Waals surface area (Å²) in [5.41, 5.74) is 9.47. The molecule has 0 fully saturated rings. The molecule has 0 amide bonds. The number of rotatable bonds is 14. The summed E-state index contributed by atoms with van der Waals surface area (Å²) >= 11 is 1.51. The number of unbranched alkanes of at least 4 members (excludes halogenated alkanes) is 2. The van der Waals surface area contributed by atoms with Gasteiger partial charge >= 0.3 is 0 Å². The molecule has 0 aliphatic heterocycles. The fourth-order valence-corrected chi connectivity index (χ4v) is 4.32. The number of nitrogens with two attached hydrogens (primary N) is 1. The van der Waals surface area contributed by atoms with Crippen molar-refractivity contribution in [2.24, 2.45) is 5.73 Å². The van der Waals surface area contributed by atoms with Gasteiger partial charge in [-0.1, -0.05) is 37.3 Å². The van der Waals surface area contributed by atoms with Crippen molar-refractivity contribution in [2.75, 3.05) is 19.8 Å². The fourth-order valence-electron chi connectivity index (χ4n) is 3.61. The first kappa shape index (κ1) is 25.8. The van der Waals surface area contributed by atoms with Crippen LogP contribution in [0.1, 0.15) is 55.7 Å². The summed E-state index contributed by atoms with van der Waals surface area (Å²) in [7, 11) is 0. The van der Waals surface area contributed by atoms with Crippen molar-refractivity contribution in [3.8, 4) is 28.5 Å². The highest BCUT2D eigenvalue weighted by Gasteiger charge is 2.24. The number of thiazole rings is 1. The Labute approximate surface area is 206 Å². The van der Waals surface area contributed by atoms with Gasteiger partial charge in [0.15, 0.2) is 0 Å². The highest BCUT2D eigenvalue weighted by atomic mass is 32.1. The van der Waals surface area contributed by atoms with Gasteiger partial charge in [0.2, 0.25) is 0 Å². The normalized spacial score (nSPS) is 10.9. The Hall–Kier alpha value is -2.77. The first-order valence-corrected chi connectivity index (χ1v) is 13.0. The Morgan fingerprint density at radius 2 is 1.62 bits per heavy atom. The number of benzene rings is 2. The van der Waals surface area contributed by atoms with Gasteiger partial charge in [-0.25, -0.2) is 0 Å². The van der Waals surface area contributed by atoms with Crippen LogP contribution < -0.4 is 24.7 Å². The second-order valence-electron chi connectivity index (χ2n) is 8.22. The van der Waals surface area contributed by atoms with E-state index in [0.717, 1.165) is 76.7 Å². The Balaban J connectivity index is 1.55. The van der Waals surface area contributed by atoms with Crippen molar-refractivity contribution < 1.29 is 24.1 Å². The van der Waals surface area contributed by atoms with E-state index in [1.165, 1.54) is 16.1 Å². The minimum absolute atomic E-state index is 0.546. The lowest BCUT2D eigenvalue weighted by Crippen LogP contribution is -2.32. The number of ether oxygens (including phenoxy) is 3. The van der Waals surface area contributed by atoms with E-state index in [1.807, 2.05) is 42.6 Å². The topological polar surface area (TPSA) is 77.8 Å². The predicted molar refractivity (Wildman–Crippen MR) is 136 cm³/mol. The third-order valence-corrected chi connectivity index (χ3v) is 6.48. The summed E-state index contributed by atoms with van der Waals surface area (Å²) in [6.07, 6.45) is 4.69. The second kappa shape index (κ2) is 13.2. The molecule has 0 saturated heterocycles. The number of nitrogens with zero attached hydrogens (tertiary/aromatic N) is 1. The third kappa shape index (κ3) is 6.87. The molecule has 3 N–H and O–H groups in total. The van der Waals surface area contributed by atoms with E-state index < -0.39 is 0 Å². The van der Waals surface area contributed by atoms with Crippen molar-refractivity contribution in [2.45, 2.75) is 59.4 Å². The number of hydrogen-bond acceptors (Lipinski definition) is 6. The van der Waals surface area contributed by atoms with Crippen molar-refractivity contribution >= 4 is 11.3 Å². The lowest BCUT2D eigenvalue weighted by molar-refractivity contribution is -0.896. The molecule has 0 saturated carbocycles. The maximum absolute atomic E-state index is 10.4. The molecule has 0 atom stereocenters. The zero-order valence-electron chi connectivity index (χ0n) is 20.5. The molecule has 0 aliphatic rings. The van der Waals surface area contributed by atoms with Crippen LogP contribution in [0.2, 0.25) is 0 Å². The first-order valence-electron chi connectivity index (χ1n) is 12.1. The standard InChI is InChI=1S/C27H37N2O4S/c1-4-13-32-27-17-26(22(5-2)16-24(27)25-19-34-20(3)29(25)30)33-15-8-6-7-14-31-23-11-9-21(18-28)10-12-23/h9-12,16-17,19,30H,4-8,13-15,18,28H2,1-3H3/q+1. The Morgan fingerprint density at radius 3 is 2.24 bits per heavy atom. The minimum atomic E-state index is 0.546. The van der Waals surface area contributed by atoms with Gasteiger partial charge < -0.3 is 19.9 Å². The van der Waals surface area contributed by atoms with Gasteiger partial charge in [-0.05, 0) is 61.4 Å². The molecule has 3 rings (SSSR count). The molecule has 7 heteroatoms. The number of aromatic nitrogens is 1. The quantitative estimate of drug-likeness (QED) is 0.174. The van der Waals surface area contributed by atoms with Gasteiger partial charge in [-0.2, -0.15) is 0 Å². The van der Waals surface area contributed by atoms with Gasteiger partial charge in [0.05, 0.1) is 30.8 Å². The van der Waals surface area contributed by atoms with Crippen LogP contribution in [0.3, 0.4) is 0 Å². The summed E-state index contributed by atoms with van der Waals surface area (Å²) in [4.78, 5) is 0. The molecule has 184 valence electrons. The predicted octanol–water partition coefficient (Wildman–Crippen LogP) is 5.69. The smallest absolute Gasteiger partial charge is 0.286 e. The molecule has 2 aromatic carbocycles. The third-order valence-electron chi connectivity index (χ3n) is 5.62. The molecule has 1 heterocycles. The van der Waals surface area contributed by atoms with E-state index in [2.05, 4.69) is 19.9 Å². The molecule has 0 radical (unpaired) electrons. The van der Waals surface area contributed by atoms with Crippen LogP contribution in [0.15, 0.2) is 41.8 Å². The zero-order valence-corrected chi connectivity index (χ0v) is 21.3. The number of aryl methyl sites for hydroxylation is 2. The maximum Gasteiger partial charge on any atom is 0.286 e. The molecule has 0 unspecified atom stereocenters. The SMILES string of the molecule is CCCOc1cc(OCCCCCOc2ccc(CN)cc2)c(CC)cc1-c1csc(C)[n+]1O. The highest BCUT2D eigenvalue weighted by molar-refractivity contribution is 7.09. The zero-order chi connectivity index (χ0) is 24.3. The molecule has 3 aromatic rings. The molecule has 0 aliphatic carbocycles. The van der Waals surface area contributed by atoms with Crippen molar-refractivity contribution in [3.05, 3.63) is 57.9 Å². The van der Waals surface area contributed by atoms with Crippen LogP contribution in [0, 0.1) is 6.92 Å². The van der Waals surface area contributed by atoms with Crippen molar-refractivity contribution in [1.82, 2.24) is 0 Å². The average molecular weight is 486 g/mol. The van der Waals surface area contributed by atoms with Crippen LogP contribution in [0.4, 0.5) is 0 Å². The first-order chi connectivity index (χ1) is 16.6. The molecule has 1 aromatic heterocycles. The van der Waals surface area contributed by atoms with E-state index in [9.17, 15) is 5.21 Å². The van der Waals surface area contributed by atoms with E-state index in [0.29, 0.717) is 26.4 Å². The Morgan fingerprint density at radius 1 is 0.912 bits per heavy atom. The van der Waals surface area contributed by atoms with E-state index in [4.69, 9.17) is 19.9 Å². The molecule has 0 spiro atoms. The maximum atomic E-state index is 10.4. The van der Waals surface area contributed by atoms with Gasteiger partial charge in [-0.15, -0.1) is 0 Å². The monoisotopic (exact) mass is 485 g/mol. The molecular weight excluding hydrogens is 448 g/mol. The summed E-state index contributed by atoms with van der Waals surface area (Å²) in [6, 6.07) is 12.0. The second-order valence-corrected chi connectivity index (χ2v) is 9.28. The van der Waals surface area contributed by atoms with Gasteiger partial charge in [0.25, 0.3) is 10.7 Å². The lowest BCUT2D eigenvalue weighted by Gasteiger charge is -2.15. The highest BCUT2D eigenvalue weighted by Crippen LogP contribution is 2.36. The van der Waals surface area contributed by atoms with Crippen LogP contribution in [-0.2, 0) is 13.0 Å². The van der Waals surface area contributed by atoms with Crippen LogP contribution in [0.25, 0.3) is 11.3 Å². The van der Waals surface area contributed by atoms with Gasteiger partial charge in [0.1, 0.15) is 17.2 Å². The Kier molecular flexibility index (Phi) is 10.0. The van der Waals surface area contributed by atoms with Gasteiger partial charge in [0, 0.05) is 24.3 Å². The number of hydrogen-bond donors (Lipinski definition) is 2. The van der Waals surface area contributed by atoms with Crippen molar-refractivity contribution in [3.63, 3.8) is 0 Å². The van der Waals surface area contributed by atoms with Crippen molar-refractivity contribution in [1.29, 1.82) is 0 Å². The molecule has 34 heavy (non-hydrogen) atoms. The lowest BCUT2D eigenvalue weighted by atomic mass is 10.0. The van der Waals surface area contributed by atoms with E-state index >= 15 is 0 Å². The summed E-state index contributed by atoms with van der Waals surface area (Å²) in [5, 5.41) is 13.2. The molecular formula is C27H37N2O4S+. The molecule has 0 bridgehead atoms. The van der Waals surface area contributed by atoms with E-state index in [1.54, 1.807) is 0 Å². The Bertz CT molecular complexity index is 1030. The molecule has 6 nitrogen and oxygen atoms in total. The van der Waals surface area contributed by atoms with Crippen LogP contribution in [-0.4, -0.2) is 25.0 Å². The average Bonchev–Trinajstić information content (AvgIpc) is 3.20. The minimum Gasteiger partial charge on any atom is -0.494 e. The van der Waals surface area contributed by atoms with Gasteiger partial charge in [-0.3, -0.25) is 5.21 Å². The largest absolute Gasteiger partial charge is 0.494 e. The van der Waals surface area contributed by atoms with Crippen LogP contribution in [0.5, 0.6) is 17.2 Å². The van der Waals surface area contributed by atoms with E-state index in [-0.39, 0.29) is 0 Å². The summed E-state index contributed by atoms with van der Waals surface area (Å²) < 4.78 is 19.2. The summed E-state index contributed by atoms with van der Waals surface area (Å²) in [6.45, 7) is 8.57. The fraction of sp³-hybridized carbons (Fsp3) is 0.444.